The Kier molecular flexibility index (Phi) is 2.83. The van der Waals surface area contributed by atoms with E-state index in [4.69, 9.17) is 5.73 Å². The molecule has 0 radical (unpaired) electrons. The van der Waals surface area contributed by atoms with Gasteiger partial charge in [-0.05, 0) is 45.0 Å². The first-order chi connectivity index (χ1) is 9.88. The Morgan fingerprint density at radius 1 is 1.10 bits per heavy atom. The maximum atomic E-state index is 9.43. The maximum Gasteiger partial charge on any atom is 0.164 e. The molecule has 6 heteroatoms. The molecule has 2 heterocycles. The highest BCUT2D eigenvalue weighted by Gasteiger charge is 2.23. The molecule has 0 saturated heterocycles. The molecule has 0 aliphatic heterocycles. The number of nitrogens with zero attached hydrogens (tertiary/aromatic N) is 4. The van der Waals surface area contributed by atoms with Crippen molar-refractivity contribution in [3.63, 3.8) is 0 Å². The van der Waals surface area contributed by atoms with Crippen molar-refractivity contribution < 1.29 is 5.11 Å². The summed E-state index contributed by atoms with van der Waals surface area (Å²) in [5.74, 6) is 0.612. The third-order valence-electron chi connectivity index (χ3n) is 3.27. The minimum Gasteiger partial charge on any atom is -0.508 e. The number of anilines is 1. The van der Waals surface area contributed by atoms with Gasteiger partial charge in [0.25, 0.3) is 0 Å². The van der Waals surface area contributed by atoms with Crippen LogP contribution in [0.3, 0.4) is 0 Å². The molecule has 0 unspecified atom stereocenters. The Hall–Kier alpha value is -2.63. The van der Waals surface area contributed by atoms with Gasteiger partial charge in [-0.15, -0.1) is 0 Å². The van der Waals surface area contributed by atoms with E-state index in [1.807, 2.05) is 4.68 Å². The molecule has 0 spiro atoms. The second kappa shape index (κ2) is 4.44. The largest absolute Gasteiger partial charge is 0.508 e. The number of aromatic hydroxyl groups is 1. The fourth-order valence-electron chi connectivity index (χ4n) is 2.26. The summed E-state index contributed by atoms with van der Waals surface area (Å²) in [5, 5.41) is 14.8. The second-order valence-electron chi connectivity index (χ2n) is 5.94. The lowest BCUT2D eigenvalue weighted by Crippen LogP contribution is -2.23. The van der Waals surface area contributed by atoms with Crippen molar-refractivity contribution in [3.05, 3.63) is 30.6 Å². The highest BCUT2D eigenvalue weighted by atomic mass is 16.3. The molecule has 108 valence electrons. The monoisotopic (exact) mass is 283 g/mol. The molecule has 0 bridgehead atoms. The zero-order chi connectivity index (χ0) is 15.2. The lowest BCUT2D eigenvalue weighted by atomic mass is 10.1. The summed E-state index contributed by atoms with van der Waals surface area (Å²) in [6.07, 6.45) is 1.45. The van der Waals surface area contributed by atoms with Crippen LogP contribution < -0.4 is 5.73 Å². The molecule has 2 aromatic heterocycles. The molecule has 0 fully saturated rings. The zero-order valence-electron chi connectivity index (χ0n) is 12.2. The Morgan fingerprint density at radius 3 is 2.38 bits per heavy atom. The topological polar surface area (TPSA) is 89.8 Å². The third-order valence-corrected chi connectivity index (χ3v) is 3.27. The van der Waals surface area contributed by atoms with Gasteiger partial charge in [0.2, 0.25) is 0 Å². The van der Waals surface area contributed by atoms with Gasteiger partial charge in [-0.25, -0.2) is 14.6 Å². The summed E-state index contributed by atoms with van der Waals surface area (Å²) in [6, 6.07) is 6.85. The number of rotatable bonds is 1. The zero-order valence-corrected chi connectivity index (χ0v) is 12.2. The average Bonchev–Trinajstić information content (AvgIpc) is 2.80. The van der Waals surface area contributed by atoms with Gasteiger partial charge in [0, 0.05) is 5.56 Å². The Labute approximate surface area is 122 Å². The molecule has 1 aromatic carbocycles. The normalized spacial score (nSPS) is 12.0. The number of hydrogen-bond acceptors (Lipinski definition) is 5. The minimum atomic E-state index is -0.228. The predicted octanol–water partition coefficient (Wildman–Crippen LogP) is 2.54. The molecular formula is C15H17N5O. The van der Waals surface area contributed by atoms with Crippen molar-refractivity contribution in [2.75, 3.05) is 5.73 Å². The summed E-state index contributed by atoms with van der Waals surface area (Å²) in [6.45, 7) is 6.16. The highest BCUT2D eigenvalue weighted by molar-refractivity contribution is 5.98. The van der Waals surface area contributed by atoms with E-state index in [-0.39, 0.29) is 11.3 Å². The number of nitrogen functional groups attached to an aromatic ring is 1. The Bertz CT molecular complexity index is 799. The van der Waals surface area contributed by atoms with Crippen molar-refractivity contribution in [1.82, 2.24) is 19.7 Å². The van der Waals surface area contributed by atoms with Crippen molar-refractivity contribution >= 4 is 16.9 Å². The molecule has 21 heavy (non-hydrogen) atoms. The van der Waals surface area contributed by atoms with Crippen LogP contribution in [0.15, 0.2) is 30.6 Å². The average molecular weight is 283 g/mol. The Balaban J connectivity index is 2.35. The van der Waals surface area contributed by atoms with E-state index in [9.17, 15) is 5.11 Å². The summed E-state index contributed by atoms with van der Waals surface area (Å²) in [4.78, 5) is 8.40. The smallest absolute Gasteiger partial charge is 0.164 e. The molecule has 0 atom stereocenters. The molecular weight excluding hydrogens is 266 g/mol. The van der Waals surface area contributed by atoms with Gasteiger partial charge in [0.1, 0.15) is 23.6 Å². The molecule has 3 rings (SSSR count). The van der Waals surface area contributed by atoms with Crippen LogP contribution in [-0.4, -0.2) is 24.9 Å². The lowest BCUT2D eigenvalue weighted by molar-refractivity contribution is 0.367. The van der Waals surface area contributed by atoms with Crippen LogP contribution in [-0.2, 0) is 5.54 Å². The number of fused-ring (bicyclic) bond motifs is 1. The van der Waals surface area contributed by atoms with E-state index in [0.717, 1.165) is 16.6 Å². The first-order valence-electron chi connectivity index (χ1n) is 6.67. The highest BCUT2D eigenvalue weighted by Crippen LogP contribution is 2.33. The first-order valence-corrected chi connectivity index (χ1v) is 6.67. The van der Waals surface area contributed by atoms with Gasteiger partial charge in [0.15, 0.2) is 5.65 Å². The van der Waals surface area contributed by atoms with Crippen LogP contribution in [0.4, 0.5) is 5.82 Å². The lowest BCUT2D eigenvalue weighted by Gasteiger charge is -2.19. The minimum absolute atomic E-state index is 0.211. The number of aromatic nitrogens is 4. The number of phenols is 1. The van der Waals surface area contributed by atoms with Crippen molar-refractivity contribution in [3.8, 4) is 17.0 Å². The van der Waals surface area contributed by atoms with Gasteiger partial charge in [0.05, 0.1) is 10.9 Å². The third kappa shape index (κ3) is 2.18. The number of benzene rings is 1. The fourth-order valence-corrected chi connectivity index (χ4v) is 2.26. The van der Waals surface area contributed by atoms with Crippen LogP contribution in [0.25, 0.3) is 22.3 Å². The molecule has 3 aromatic rings. The summed E-state index contributed by atoms with van der Waals surface area (Å²) in [7, 11) is 0. The van der Waals surface area contributed by atoms with E-state index < -0.39 is 0 Å². The standard InChI is InChI=1S/C15H17N5O/c1-15(2,3)20-14-11(13(16)17-8-18-14)12(19-20)9-4-6-10(21)7-5-9/h4-8,21H,1-3H3,(H2,16,17,18). The molecule has 0 aliphatic rings. The van der Waals surface area contributed by atoms with Crippen LogP contribution in [0.2, 0.25) is 0 Å². The number of hydrogen-bond donors (Lipinski definition) is 2. The number of phenolic OH excluding ortho intramolecular Hbond substituents is 1. The predicted molar refractivity (Wildman–Crippen MR) is 81.8 cm³/mol. The van der Waals surface area contributed by atoms with Crippen LogP contribution >= 0.6 is 0 Å². The molecule has 6 nitrogen and oxygen atoms in total. The van der Waals surface area contributed by atoms with Gasteiger partial charge >= 0.3 is 0 Å². The first kappa shape index (κ1) is 13.4. The van der Waals surface area contributed by atoms with E-state index in [0.29, 0.717) is 11.5 Å². The van der Waals surface area contributed by atoms with Crippen LogP contribution in [0.1, 0.15) is 20.8 Å². The number of nitrogens with two attached hydrogens (primary N) is 1. The van der Waals surface area contributed by atoms with E-state index in [2.05, 4.69) is 35.8 Å². The van der Waals surface area contributed by atoms with E-state index in [1.54, 1.807) is 24.3 Å². The summed E-state index contributed by atoms with van der Waals surface area (Å²) >= 11 is 0. The second-order valence-corrected chi connectivity index (χ2v) is 5.94. The molecule has 0 amide bonds. The van der Waals surface area contributed by atoms with E-state index >= 15 is 0 Å². The van der Waals surface area contributed by atoms with Crippen molar-refractivity contribution in [1.29, 1.82) is 0 Å². The van der Waals surface area contributed by atoms with Crippen molar-refractivity contribution in [2.45, 2.75) is 26.3 Å². The van der Waals surface area contributed by atoms with Crippen LogP contribution in [0, 0.1) is 0 Å². The molecule has 0 saturated carbocycles. The Morgan fingerprint density at radius 2 is 1.76 bits per heavy atom. The van der Waals surface area contributed by atoms with Gasteiger partial charge in [-0.1, -0.05) is 0 Å². The SMILES string of the molecule is CC(C)(C)n1nc(-c2ccc(O)cc2)c2c(N)ncnc21. The van der Waals surface area contributed by atoms with Crippen molar-refractivity contribution in [2.24, 2.45) is 0 Å². The quantitative estimate of drug-likeness (QED) is 0.716. The van der Waals surface area contributed by atoms with E-state index in [1.165, 1.54) is 6.33 Å². The van der Waals surface area contributed by atoms with Gasteiger partial charge in [-0.2, -0.15) is 5.10 Å². The fraction of sp³-hybridized carbons (Fsp3) is 0.267. The summed E-state index contributed by atoms with van der Waals surface area (Å²) < 4.78 is 1.85. The maximum absolute atomic E-state index is 9.43. The van der Waals surface area contributed by atoms with Crippen LogP contribution in [0.5, 0.6) is 5.75 Å². The molecule has 0 aliphatic carbocycles. The van der Waals surface area contributed by atoms with Gasteiger partial charge in [-0.3, -0.25) is 0 Å². The van der Waals surface area contributed by atoms with Gasteiger partial charge < -0.3 is 10.8 Å². The molecule has 3 N–H and O–H groups in total. The summed E-state index contributed by atoms with van der Waals surface area (Å²) in [5.41, 5.74) is 8.09.